The minimum atomic E-state index is -0.556. The lowest BCUT2D eigenvalue weighted by Gasteiger charge is -2.20. The van der Waals surface area contributed by atoms with Crippen LogP contribution in [0.3, 0.4) is 0 Å². The molecule has 2 bridgehead atoms. The van der Waals surface area contributed by atoms with Crippen molar-refractivity contribution in [2.45, 2.75) is 46.0 Å². The lowest BCUT2D eigenvalue weighted by Crippen LogP contribution is -2.33. The third kappa shape index (κ3) is 3.55. The highest BCUT2D eigenvalue weighted by molar-refractivity contribution is 6.23. The minimum Gasteiger partial charge on any atom is -0.426 e. The van der Waals surface area contributed by atoms with Gasteiger partial charge in [0.15, 0.2) is 0 Å². The Bertz CT molecular complexity index is 1240. The van der Waals surface area contributed by atoms with E-state index in [1.807, 2.05) is 31.2 Å². The summed E-state index contributed by atoms with van der Waals surface area (Å²) in [5, 5.41) is 0. The summed E-state index contributed by atoms with van der Waals surface area (Å²) in [5.74, 6) is -0.605. The number of hydrogen-bond donors (Lipinski definition) is 0. The van der Waals surface area contributed by atoms with Crippen LogP contribution in [0.5, 0.6) is 5.75 Å². The van der Waals surface area contributed by atoms with Crippen molar-refractivity contribution in [2.24, 2.45) is 29.6 Å². The van der Waals surface area contributed by atoms with E-state index < -0.39 is 11.9 Å². The van der Waals surface area contributed by atoms with Gasteiger partial charge in [0.2, 0.25) is 17.7 Å². The number of hydrogen-bond acceptors (Lipinski definition) is 5. The van der Waals surface area contributed by atoms with Crippen LogP contribution >= 0.6 is 0 Å². The van der Waals surface area contributed by atoms with Crippen LogP contribution in [-0.2, 0) is 25.6 Å². The van der Waals surface area contributed by atoms with Crippen LogP contribution in [0.1, 0.15) is 43.7 Å². The van der Waals surface area contributed by atoms with Crippen LogP contribution in [-0.4, -0.2) is 30.2 Å². The normalized spacial score (nSPS) is 28.8. The second-order valence-electron chi connectivity index (χ2n) is 10.7. The van der Waals surface area contributed by atoms with E-state index in [2.05, 4.69) is 6.92 Å². The minimum absolute atomic E-state index is 0.0819. The maximum Gasteiger partial charge on any atom is 0.316 e. The third-order valence-electron chi connectivity index (χ3n) is 8.67. The number of amides is 3. The fourth-order valence-corrected chi connectivity index (χ4v) is 6.81. The lowest BCUT2D eigenvalue weighted by atomic mass is 9.81. The van der Waals surface area contributed by atoms with Crippen LogP contribution < -0.4 is 14.5 Å². The molecule has 36 heavy (non-hydrogen) atoms. The van der Waals surface area contributed by atoms with Gasteiger partial charge in [0, 0.05) is 18.7 Å². The van der Waals surface area contributed by atoms with Gasteiger partial charge in [0.1, 0.15) is 5.75 Å². The molecule has 0 aromatic heterocycles. The first-order valence-electron chi connectivity index (χ1n) is 12.9. The van der Waals surface area contributed by atoms with Crippen LogP contribution in [0, 0.1) is 36.5 Å². The van der Waals surface area contributed by atoms with Crippen molar-refractivity contribution in [3.63, 3.8) is 0 Å². The molecule has 2 saturated heterocycles. The average molecular weight is 487 g/mol. The number of esters is 1. The van der Waals surface area contributed by atoms with Gasteiger partial charge >= 0.3 is 5.97 Å². The number of benzene rings is 2. The Morgan fingerprint density at radius 1 is 0.972 bits per heavy atom. The van der Waals surface area contributed by atoms with Crippen molar-refractivity contribution < 1.29 is 23.9 Å². The van der Waals surface area contributed by atoms with Crippen LogP contribution in [0.15, 0.2) is 42.5 Å². The first kappa shape index (κ1) is 23.0. The van der Waals surface area contributed by atoms with Crippen molar-refractivity contribution in [1.82, 2.24) is 0 Å². The number of carbonyl (C=O) groups is 4. The molecule has 5 atom stereocenters. The lowest BCUT2D eigenvalue weighted by molar-refractivity contribution is -0.139. The van der Waals surface area contributed by atoms with Gasteiger partial charge in [-0.3, -0.25) is 19.2 Å². The average Bonchev–Trinajstić information content (AvgIpc) is 3.64. The van der Waals surface area contributed by atoms with E-state index in [0.29, 0.717) is 28.8 Å². The Balaban J connectivity index is 1.14. The summed E-state index contributed by atoms with van der Waals surface area (Å²) < 4.78 is 5.63. The molecule has 0 spiro atoms. The molecular weight excluding hydrogens is 456 g/mol. The Hall–Kier alpha value is -3.48. The van der Waals surface area contributed by atoms with Crippen molar-refractivity contribution in [3.8, 4) is 5.75 Å². The van der Waals surface area contributed by atoms with Crippen molar-refractivity contribution >= 4 is 35.1 Å². The zero-order valence-corrected chi connectivity index (χ0v) is 20.6. The van der Waals surface area contributed by atoms with Crippen LogP contribution in [0.2, 0.25) is 0 Å². The van der Waals surface area contributed by atoms with Gasteiger partial charge < -0.3 is 9.64 Å². The number of anilines is 2. The maximum atomic E-state index is 13.2. The molecule has 2 aromatic carbocycles. The van der Waals surface area contributed by atoms with Gasteiger partial charge in [0.05, 0.1) is 23.4 Å². The highest BCUT2D eigenvalue weighted by Crippen LogP contribution is 2.56. The van der Waals surface area contributed by atoms with E-state index in [0.717, 1.165) is 31.4 Å². The molecule has 3 amide bonds. The predicted molar refractivity (Wildman–Crippen MR) is 133 cm³/mol. The van der Waals surface area contributed by atoms with Crippen molar-refractivity contribution in [1.29, 1.82) is 0 Å². The molecule has 6 rings (SSSR count). The SMILES string of the molecule is CCc1ccc(N2C[C@H](C(=O)Oc3ccc(N4C(=O)[C@@H]5[C@H]6CC[C@@H](C6)[C@H]5C4=O)c(C)c3)CC2=O)cc1. The van der Waals surface area contributed by atoms with Gasteiger partial charge in [0.25, 0.3) is 0 Å². The van der Waals surface area contributed by atoms with Crippen LogP contribution in [0.25, 0.3) is 0 Å². The number of aryl methyl sites for hydroxylation is 2. The number of ether oxygens (including phenoxy) is 1. The van der Waals surface area contributed by atoms with Gasteiger partial charge in [-0.05, 0) is 85.9 Å². The predicted octanol–water partition coefficient (Wildman–Crippen LogP) is 4.05. The van der Waals surface area contributed by atoms with Crippen molar-refractivity contribution in [3.05, 3.63) is 53.6 Å². The van der Waals surface area contributed by atoms with E-state index in [1.165, 1.54) is 10.5 Å². The highest BCUT2D eigenvalue weighted by Gasteiger charge is 2.61. The van der Waals surface area contributed by atoms with E-state index in [-0.39, 0.29) is 42.5 Å². The Morgan fingerprint density at radius 2 is 1.64 bits per heavy atom. The number of carbonyl (C=O) groups excluding carboxylic acids is 4. The molecule has 2 aliphatic heterocycles. The smallest absolute Gasteiger partial charge is 0.316 e. The summed E-state index contributed by atoms with van der Waals surface area (Å²) in [6, 6.07) is 12.8. The summed E-state index contributed by atoms with van der Waals surface area (Å²) in [5.41, 5.74) is 3.24. The Morgan fingerprint density at radius 3 is 2.25 bits per heavy atom. The largest absolute Gasteiger partial charge is 0.426 e. The van der Waals surface area contributed by atoms with E-state index >= 15 is 0 Å². The molecule has 7 nitrogen and oxygen atoms in total. The second kappa shape index (κ2) is 8.57. The number of imide groups is 1. The number of fused-ring (bicyclic) bond motifs is 5. The standard InChI is InChI=1S/C29H30N2O5/c1-3-17-4-8-21(9-5-17)30-15-20(14-24(30)32)29(35)36-22-10-11-23(16(2)12-22)31-27(33)25-18-6-7-19(13-18)26(25)28(31)34/h4-5,8-12,18-20,25-26H,3,6-7,13-15H2,1-2H3/t18-,19-,20+,25+,26+/m0/s1. The molecule has 0 unspecified atom stereocenters. The Labute approximate surface area is 210 Å². The first-order chi connectivity index (χ1) is 17.4. The molecule has 2 aliphatic carbocycles. The molecular formula is C29H30N2O5. The summed E-state index contributed by atoms with van der Waals surface area (Å²) in [6.07, 6.45) is 4.10. The van der Waals surface area contributed by atoms with E-state index in [9.17, 15) is 19.2 Å². The van der Waals surface area contributed by atoms with Crippen molar-refractivity contribution in [2.75, 3.05) is 16.3 Å². The van der Waals surface area contributed by atoms with Gasteiger partial charge in [-0.15, -0.1) is 0 Å². The van der Waals surface area contributed by atoms with Gasteiger partial charge in [-0.1, -0.05) is 19.1 Å². The summed E-state index contributed by atoms with van der Waals surface area (Å²) in [6.45, 7) is 4.17. The maximum absolute atomic E-state index is 13.2. The van der Waals surface area contributed by atoms with Gasteiger partial charge in [-0.2, -0.15) is 0 Å². The van der Waals surface area contributed by atoms with Gasteiger partial charge in [-0.25, -0.2) is 4.90 Å². The fraction of sp³-hybridized carbons (Fsp3) is 0.448. The number of rotatable bonds is 5. The second-order valence-corrected chi connectivity index (χ2v) is 10.7. The molecule has 2 aromatic rings. The quantitative estimate of drug-likeness (QED) is 0.362. The molecule has 0 N–H and O–H groups in total. The summed E-state index contributed by atoms with van der Waals surface area (Å²) in [7, 11) is 0. The molecule has 4 aliphatic rings. The fourth-order valence-electron chi connectivity index (χ4n) is 6.81. The summed E-state index contributed by atoms with van der Waals surface area (Å²) >= 11 is 0. The van der Waals surface area contributed by atoms with Crippen LogP contribution in [0.4, 0.5) is 11.4 Å². The Kier molecular flexibility index (Phi) is 5.47. The highest BCUT2D eigenvalue weighted by atomic mass is 16.5. The molecule has 186 valence electrons. The molecule has 0 radical (unpaired) electrons. The van der Waals surface area contributed by atoms with E-state index in [1.54, 1.807) is 23.1 Å². The topological polar surface area (TPSA) is 84.0 Å². The number of nitrogens with zero attached hydrogens (tertiary/aromatic N) is 2. The zero-order valence-electron chi connectivity index (χ0n) is 20.6. The summed E-state index contributed by atoms with van der Waals surface area (Å²) in [4.78, 5) is 54.8. The molecule has 4 fully saturated rings. The third-order valence-corrected chi connectivity index (χ3v) is 8.67. The van der Waals surface area contributed by atoms with E-state index in [4.69, 9.17) is 4.74 Å². The first-order valence-corrected chi connectivity index (χ1v) is 12.9. The molecule has 2 heterocycles. The molecule has 2 saturated carbocycles. The molecule has 7 heteroatoms. The zero-order chi connectivity index (χ0) is 25.1. The monoisotopic (exact) mass is 486 g/mol.